The van der Waals surface area contributed by atoms with Crippen LogP contribution in [0.5, 0.6) is 0 Å². The van der Waals surface area contributed by atoms with Crippen molar-refractivity contribution in [3.63, 3.8) is 0 Å². The average Bonchev–Trinajstić information content (AvgIpc) is 2.39. The first kappa shape index (κ1) is 11.6. The van der Waals surface area contributed by atoms with Gasteiger partial charge in [-0.2, -0.15) is 0 Å². The summed E-state index contributed by atoms with van der Waals surface area (Å²) in [5.41, 5.74) is 0.763. The summed E-state index contributed by atoms with van der Waals surface area (Å²) in [6, 6.07) is 8.91. The van der Waals surface area contributed by atoms with Gasteiger partial charge in [0.25, 0.3) is 0 Å². The molecule has 0 saturated heterocycles. The number of amides is 2. The Balaban J connectivity index is 2.12. The number of hydrogen-bond donors (Lipinski definition) is 0. The Morgan fingerprint density at radius 2 is 2.06 bits per heavy atom. The molecule has 1 heterocycles. The molecule has 2 amide bonds. The number of alkyl halides is 1. The molecular formula is C13H15FN2O. The van der Waals surface area contributed by atoms with Gasteiger partial charge in [0.15, 0.2) is 6.30 Å². The number of hydrogen-bond acceptors (Lipinski definition) is 1. The topological polar surface area (TPSA) is 23.6 Å². The van der Waals surface area contributed by atoms with Gasteiger partial charge in [-0.15, -0.1) is 0 Å². The Bertz CT molecular complexity index is 419. The lowest BCUT2D eigenvalue weighted by Gasteiger charge is -2.31. The number of carbonyl (C=O) groups is 1. The van der Waals surface area contributed by atoms with Crippen LogP contribution in [0.25, 0.3) is 0 Å². The van der Waals surface area contributed by atoms with Crippen LogP contribution in [-0.4, -0.2) is 30.8 Å². The average molecular weight is 234 g/mol. The first-order valence-electron chi connectivity index (χ1n) is 5.58. The van der Waals surface area contributed by atoms with E-state index in [1.165, 1.54) is 9.80 Å². The molecule has 1 atom stereocenters. The van der Waals surface area contributed by atoms with Crippen LogP contribution in [0.2, 0.25) is 0 Å². The van der Waals surface area contributed by atoms with Gasteiger partial charge in [0.2, 0.25) is 0 Å². The van der Waals surface area contributed by atoms with E-state index in [4.69, 9.17) is 0 Å². The molecular weight excluding hydrogens is 219 g/mol. The predicted molar refractivity (Wildman–Crippen MR) is 65.6 cm³/mol. The number of halogens is 1. The third-order valence-electron chi connectivity index (χ3n) is 2.81. The van der Waals surface area contributed by atoms with Gasteiger partial charge in [-0.3, -0.25) is 9.80 Å². The smallest absolute Gasteiger partial charge is 0.297 e. The standard InChI is InChI=1S/C13H15FN2O/c1-15(11-7-3-2-4-8-11)13(17)16-10-6-5-9-12(16)14/h2-8,12H,9-10H2,1H3. The van der Waals surface area contributed by atoms with Crippen molar-refractivity contribution in [2.24, 2.45) is 0 Å². The van der Waals surface area contributed by atoms with Crippen LogP contribution in [0.15, 0.2) is 42.5 Å². The summed E-state index contributed by atoms with van der Waals surface area (Å²) in [7, 11) is 1.66. The molecule has 0 aromatic heterocycles. The van der Waals surface area contributed by atoms with E-state index in [2.05, 4.69) is 0 Å². The van der Waals surface area contributed by atoms with Gasteiger partial charge in [0.05, 0.1) is 0 Å². The van der Waals surface area contributed by atoms with E-state index in [-0.39, 0.29) is 12.5 Å². The molecule has 0 radical (unpaired) electrons. The van der Waals surface area contributed by atoms with Gasteiger partial charge in [0, 0.05) is 25.7 Å². The Labute approximate surface area is 100 Å². The molecule has 1 aliphatic rings. The predicted octanol–water partition coefficient (Wildman–Crippen LogP) is 2.80. The second kappa shape index (κ2) is 4.99. The number of rotatable bonds is 1. The van der Waals surface area contributed by atoms with Gasteiger partial charge < -0.3 is 0 Å². The minimum absolute atomic E-state index is 0.272. The SMILES string of the molecule is CN(C(=O)N1CC=CCC1F)c1ccccc1. The first-order valence-corrected chi connectivity index (χ1v) is 5.58. The van der Waals surface area contributed by atoms with E-state index >= 15 is 0 Å². The zero-order chi connectivity index (χ0) is 12.3. The largest absolute Gasteiger partial charge is 0.326 e. The molecule has 17 heavy (non-hydrogen) atoms. The number of anilines is 1. The summed E-state index contributed by atoms with van der Waals surface area (Å²) in [4.78, 5) is 14.8. The van der Waals surface area contributed by atoms with E-state index in [0.717, 1.165) is 5.69 Å². The third-order valence-corrected chi connectivity index (χ3v) is 2.81. The van der Waals surface area contributed by atoms with Crippen LogP contribution < -0.4 is 4.90 Å². The molecule has 3 nitrogen and oxygen atoms in total. The monoisotopic (exact) mass is 234 g/mol. The van der Waals surface area contributed by atoms with Crippen molar-refractivity contribution in [1.82, 2.24) is 4.90 Å². The van der Waals surface area contributed by atoms with Crippen molar-refractivity contribution in [1.29, 1.82) is 0 Å². The summed E-state index contributed by atoms with van der Waals surface area (Å²) in [5.74, 6) is 0. The van der Waals surface area contributed by atoms with E-state index in [1.807, 2.05) is 36.4 Å². The second-order valence-electron chi connectivity index (χ2n) is 3.97. The molecule has 1 aromatic carbocycles. The molecule has 1 aliphatic heterocycles. The fourth-order valence-corrected chi connectivity index (χ4v) is 1.79. The molecule has 0 aliphatic carbocycles. The van der Waals surface area contributed by atoms with E-state index in [1.54, 1.807) is 13.1 Å². The molecule has 1 unspecified atom stereocenters. The molecule has 0 N–H and O–H groups in total. The maximum Gasteiger partial charge on any atom is 0.326 e. The van der Waals surface area contributed by atoms with Gasteiger partial charge in [-0.1, -0.05) is 30.4 Å². The van der Waals surface area contributed by atoms with Crippen LogP contribution in [0.4, 0.5) is 14.9 Å². The lowest BCUT2D eigenvalue weighted by molar-refractivity contribution is 0.115. The van der Waals surface area contributed by atoms with E-state index in [0.29, 0.717) is 6.54 Å². The van der Waals surface area contributed by atoms with Crippen LogP contribution in [0, 0.1) is 0 Å². The van der Waals surface area contributed by atoms with Crippen LogP contribution in [-0.2, 0) is 0 Å². The Morgan fingerprint density at radius 3 is 2.71 bits per heavy atom. The highest BCUT2D eigenvalue weighted by Crippen LogP contribution is 2.18. The Morgan fingerprint density at radius 1 is 1.35 bits per heavy atom. The number of nitrogens with zero attached hydrogens (tertiary/aromatic N) is 2. The van der Waals surface area contributed by atoms with E-state index in [9.17, 15) is 9.18 Å². The van der Waals surface area contributed by atoms with Crippen LogP contribution >= 0.6 is 0 Å². The number of carbonyl (C=O) groups excluding carboxylic acids is 1. The molecule has 4 heteroatoms. The number of urea groups is 1. The van der Waals surface area contributed by atoms with Crippen molar-refractivity contribution in [2.75, 3.05) is 18.5 Å². The maximum absolute atomic E-state index is 13.6. The zero-order valence-corrected chi connectivity index (χ0v) is 9.71. The summed E-state index contributed by atoms with van der Waals surface area (Å²) in [6.07, 6.45) is 2.62. The second-order valence-corrected chi connectivity index (χ2v) is 3.97. The maximum atomic E-state index is 13.6. The Kier molecular flexibility index (Phi) is 3.42. The van der Waals surface area contributed by atoms with Crippen molar-refractivity contribution >= 4 is 11.7 Å². The van der Waals surface area contributed by atoms with Gasteiger partial charge >= 0.3 is 6.03 Å². The Hall–Kier alpha value is -1.84. The third kappa shape index (κ3) is 2.46. The molecule has 1 aromatic rings. The highest BCUT2D eigenvalue weighted by Gasteiger charge is 2.26. The number of para-hydroxylation sites is 1. The normalized spacial score (nSPS) is 19.2. The first-order chi connectivity index (χ1) is 8.20. The summed E-state index contributed by atoms with van der Waals surface area (Å²) in [6.45, 7) is 0.331. The quantitative estimate of drug-likeness (QED) is 0.541. The van der Waals surface area contributed by atoms with Crippen molar-refractivity contribution in [3.05, 3.63) is 42.5 Å². The van der Waals surface area contributed by atoms with E-state index < -0.39 is 6.30 Å². The minimum Gasteiger partial charge on any atom is -0.297 e. The zero-order valence-electron chi connectivity index (χ0n) is 9.71. The van der Waals surface area contributed by atoms with Gasteiger partial charge in [-0.05, 0) is 12.1 Å². The van der Waals surface area contributed by atoms with Crippen molar-refractivity contribution < 1.29 is 9.18 Å². The van der Waals surface area contributed by atoms with Gasteiger partial charge in [-0.25, -0.2) is 9.18 Å². The summed E-state index contributed by atoms with van der Waals surface area (Å²) in [5, 5.41) is 0. The van der Waals surface area contributed by atoms with Crippen LogP contribution in [0.3, 0.4) is 0 Å². The minimum atomic E-state index is -1.22. The molecule has 0 fully saturated rings. The fraction of sp³-hybridized carbons (Fsp3) is 0.308. The molecule has 0 spiro atoms. The molecule has 0 bridgehead atoms. The van der Waals surface area contributed by atoms with Crippen molar-refractivity contribution in [3.8, 4) is 0 Å². The van der Waals surface area contributed by atoms with Crippen LogP contribution in [0.1, 0.15) is 6.42 Å². The highest BCUT2D eigenvalue weighted by molar-refractivity contribution is 5.91. The molecule has 0 saturated carbocycles. The highest BCUT2D eigenvalue weighted by atomic mass is 19.1. The van der Waals surface area contributed by atoms with Gasteiger partial charge in [0.1, 0.15) is 0 Å². The number of benzene rings is 1. The lowest BCUT2D eigenvalue weighted by Crippen LogP contribution is -2.46. The fourth-order valence-electron chi connectivity index (χ4n) is 1.79. The van der Waals surface area contributed by atoms with Crippen molar-refractivity contribution in [2.45, 2.75) is 12.7 Å². The summed E-state index contributed by atoms with van der Waals surface area (Å²) < 4.78 is 13.6. The molecule has 2 rings (SSSR count). The molecule has 90 valence electrons. The summed E-state index contributed by atoms with van der Waals surface area (Å²) >= 11 is 0. The lowest BCUT2D eigenvalue weighted by atomic mass is 10.2.